The van der Waals surface area contributed by atoms with Crippen molar-refractivity contribution in [2.45, 2.75) is 51.2 Å². The second-order valence-corrected chi connectivity index (χ2v) is 12.3. The van der Waals surface area contributed by atoms with Gasteiger partial charge in [-0.3, -0.25) is 4.79 Å². The minimum atomic E-state index is -2.61. The van der Waals surface area contributed by atoms with Crippen LogP contribution in [0.15, 0.2) is 73.3 Å². The topological polar surface area (TPSA) is 35.5 Å². The lowest BCUT2D eigenvalue weighted by molar-refractivity contribution is -0.140. The summed E-state index contributed by atoms with van der Waals surface area (Å²) in [7, 11) is -1.18. The van der Waals surface area contributed by atoms with E-state index in [2.05, 4.69) is 75.9 Å². The molecule has 0 unspecified atom stereocenters. The summed E-state index contributed by atoms with van der Waals surface area (Å²) in [6.07, 6.45) is 3.59. The molecule has 4 heteroatoms. The van der Waals surface area contributed by atoms with Gasteiger partial charge in [-0.15, -0.1) is 6.58 Å². The second-order valence-electron chi connectivity index (χ2n) is 8.02. The summed E-state index contributed by atoms with van der Waals surface area (Å²) in [6.45, 7) is 10.8. The van der Waals surface area contributed by atoms with Crippen molar-refractivity contribution >= 4 is 24.7 Å². The Hall–Kier alpha value is -2.17. The summed E-state index contributed by atoms with van der Waals surface area (Å²) >= 11 is 0. The van der Waals surface area contributed by atoms with Crippen LogP contribution >= 0.6 is 0 Å². The third-order valence-corrected chi connectivity index (χ3v) is 10.2. The molecule has 28 heavy (non-hydrogen) atoms. The maximum atomic E-state index is 11.5. The van der Waals surface area contributed by atoms with Gasteiger partial charge in [-0.25, -0.2) is 0 Å². The summed E-state index contributed by atoms with van der Waals surface area (Å²) in [4.78, 5) is 11.5. The van der Waals surface area contributed by atoms with E-state index in [4.69, 9.17) is 9.16 Å². The number of benzene rings is 2. The van der Waals surface area contributed by atoms with Crippen molar-refractivity contribution in [3.8, 4) is 0 Å². The fourth-order valence-electron chi connectivity index (χ4n) is 3.69. The zero-order chi connectivity index (χ0) is 20.6. The number of hydrogen-bond donors (Lipinski definition) is 0. The van der Waals surface area contributed by atoms with Gasteiger partial charge in [0.1, 0.15) is 0 Å². The molecule has 0 fully saturated rings. The molecule has 0 N–H and O–H groups in total. The molecule has 2 aromatic carbocycles. The first-order valence-electron chi connectivity index (χ1n) is 9.83. The minimum absolute atomic E-state index is 0.0840. The van der Waals surface area contributed by atoms with E-state index in [-0.39, 0.29) is 17.1 Å². The van der Waals surface area contributed by atoms with Gasteiger partial charge in [0.05, 0.1) is 13.2 Å². The van der Waals surface area contributed by atoms with Gasteiger partial charge in [0.15, 0.2) is 0 Å². The number of ether oxygens (including phenoxy) is 1. The van der Waals surface area contributed by atoms with Crippen LogP contribution in [0, 0.1) is 0 Å². The van der Waals surface area contributed by atoms with Gasteiger partial charge < -0.3 is 9.16 Å². The molecule has 0 amide bonds. The number of carbonyl (C=O) groups excluding carboxylic acids is 1. The van der Waals surface area contributed by atoms with E-state index in [0.717, 1.165) is 6.42 Å². The lowest BCUT2D eigenvalue weighted by atomic mass is 10.1. The van der Waals surface area contributed by atoms with E-state index in [1.165, 1.54) is 17.5 Å². The standard InChI is InChI=1S/C24H32O3Si/c1-6-20(14-13-19-23(25)26-5)27-28(24(2,3)4,21-15-9-7-10-16-21)22-17-11-8-12-18-22/h6-12,15-18,20H,1,13-14,19H2,2-5H3/t20-/m1/s1. The summed E-state index contributed by atoms with van der Waals surface area (Å²) in [5.74, 6) is -0.187. The molecular formula is C24H32O3Si. The molecule has 1 atom stereocenters. The first-order valence-corrected chi connectivity index (χ1v) is 11.7. The van der Waals surface area contributed by atoms with Crippen LogP contribution in [0.1, 0.15) is 40.0 Å². The van der Waals surface area contributed by atoms with Crippen molar-refractivity contribution in [3.63, 3.8) is 0 Å². The van der Waals surface area contributed by atoms with Crippen LogP contribution < -0.4 is 10.4 Å². The number of methoxy groups -OCH3 is 1. The second kappa shape index (κ2) is 9.85. The Morgan fingerprint density at radius 1 is 1.04 bits per heavy atom. The molecule has 2 aromatic rings. The quantitative estimate of drug-likeness (QED) is 0.357. The Balaban J connectivity index is 2.45. The molecule has 2 rings (SSSR count). The zero-order valence-corrected chi connectivity index (χ0v) is 18.5. The number of hydrogen-bond acceptors (Lipinski definition) is 3. The third kappa shape index (κ3) is 5.00. The number of rotatable bonds is 9. The van der Waals surface area contributed by atoms with Crippen LogP contribution in [-0.2, 0) is 14.0 Å². The normalized spacial score (nSPS) is 13.0. The number of carbonyl (C=O) groups is 1. The average Bonchev–Trinajstić information content (AvgIpc) is 2.70. The first kappa shape index (κ1) is 22.1. The highest BCUT2D eigenvalue weighted by Gasteiger charge is 2.51. The van der Waals surface area contributed by atoms with Gasteiger partial charge in [0.2, 0.25) is 0 Å². The molecule has 0 heterocycles. The van der Waals surface area contributed by atoms with E-state index in [0.29, 0.717) is 12.8 Å². The van der Waals surface area contributed by atoms with Crippen molar-refractivity contribution in [3.05, 3.63) is 73.3 Å². The summed E-state index contributed by atoms with van der Waals surface area (Å²) in [5.41, 5.74) is 0. The highest BCUT2D eigenvalue weighted by molar-refractivity contribution is 6.99. The molecule has 0 saturated carbocycles. The van der Waals surface area contributed by atoms with Crippen LogP contribution in [0.2, 0.25) is 5.04 Å². The minimum Gasteiger partial charge on any atom is -0.469 e. The predicted octanol–water partition coefficient (Wildman–Crippen LogP) is 4.46. The van der Waals surface area contributed by atoms with Gasteiger partial charge in [0.25, 0.3) is 8.32 Å². The molecule has 0 aliphatic carbocycles. The predicted molar refractivity (Wildman–Crippen MR) is 119 cm³/mol. The van der Waals surface area contributed by atoms with Gasteiger partial charge in [0, 0.05) is 6.42 Å². The van der Waals surface area contributed by atoms with Gasteiger partial charge >= 0.3 is 5.97 Å². The summed E-state index contributed by atoms with van der Waals surface area (Å²) in [6, 6.07) is 21.1. The molecule has 0 aromatic heterocycles. The molecule has 0 spiro atoms. The molecule has 0 saturated heterocycles. The van der Waals surface area contributed by atoms with Crippen LogP contribution in [-0.4, -0.2) is 27.5 Å². The fraction of sp³-hybridized carbons (Fsp3) is 0.375. The SMILES string of the molecule is C=C[C@H](CCCC(=O)OC)O[Si](c1ccccc1)(c1ccccc1)C(C)(C)C. The third-order valence-electron chi connectivity index (χ3n) is 5.11. The number of esters is 1. The maximum absolute atomic E-state index is 11.5. The summed E-state index contributed by atoms with van der Waals surface area (Å²) < 4.78 is 11.8. The van der Waals surface area contributed by atoms with Crippen LogP contribution in [0.4, 0.5) is 0 Å². The van der Waals surface area contributed by atoms with Crippen molar-refractivity contribution in [1.82, 2.24) is 0 Å². The van der Waals surface area contributed by atoms with Crippen LogP contribution in [0.25, 0.3) is 0 Å². The Morgan fingerprint density at radius 3 is 1.93 bits per heavy atom. The lowest BCUT2D eigenvalue weighted by Crippen LogP contribution is -2.67. The van der Waals surface area contributed by atoms with E-state index >= 15 is 0 Å². The van der Waals surface area contributed by atoms with Gasteiger partial charge in [-0.05, 0) is 28.3 Å². The van der Waals surface area contributed by atoms with E-state index < -0.39 is 8.32 Å². The molecule has 0 bridgehead atoms. The van der Waals surface area contributed by atoms with Gasteiger partial charge in [-0.2, -0.15) is 0 Å². The molecular weight excluding hydrogens is 364 g/mol. The Bertz CT molecular complexity index is 711. The van der Waals surface area contributed by atoms with Gasteiger partial charge in [-0.1, -0.05) is 87.5 Å². The van der Waals surface area contributed by atoms with Crippen LogP contribution in [0.5, 0.6) is 0 Å². The van der Waals surface area contributed by atoms with Crippen LogP contribution in [0.3, 0.4) is 0 Å². The lowest BCUT2D eigenvalue weighted by Gasteiger charge is -2.44. The van der Waals surface area contributed by atoms with Crippen molar-refractivity contribution in [2.75, 3.05) is 7.11 Å². The first-order chi connectivity index (χ1) is 13.3. The molecule has 0 radical (unpaired) electrons. The highest BCUT2D eigenvalue weighted by atomic mass is 28.4. The Morgan fingerprint density at radius 2 is 1.54 bits per heavy atom. The van der Waals surface area contributed by atoms with E-state index in [9.17, 15) is 4.79 Å². The molecule has 0 aliphatic rings. The highest BCUT2D eigenvalue weighted by Crippen LogP contribution is 2.38. The van der Waals surface area contributed by atoms with E-state index in [1.807, 2.05) is 18.2 Å². The Labute approximate surface area is 170 Å². The van der Waals surface area contributed by atoms with Crippen molar-refractivity contribution in [1.29, 1.82) is 0 Å². The zero-order valence-electron chi connectivity index (χ0n) is 17.5. The van der Waals surface area contributed by atoms with Crippen molar-refractivity contribution < 1.29 is 14.0 Å². The molecule has 0 aliphatic heterocycles. The van der Waals surface area contributed by atoms with E-state index in [1.54, 1.807) is 0 Å². The Kier molecular flexibility index (Phi) is 7.78. The van der Waals surface area contributed by atoms with Crippen molar-refractivity contribution in [2.24, 2.45) is 0 Å². The average molecular weight is 397 g/mol. The monoisotopic (exact) mass is 396 g/mol. The largest absolute Gasteiger partial charge is 0.469 e. The molecule has 150 valence electrons. The summed E-state index contributed by atoms with van der Waals surface area (Å²) in [5, 5.41) is 2.40. The molecule has 3 nitrogen and oxygen atoms in total. The smallest absolute Gasteiger partial charge is 0.305 e. The maximum Gasteiger partial charge on any atom is 0.305 e. The fourth-order valence-corrected chi connectivity index (χ4v) is 8.38.